The molecule has 3 aromatic rings. The standard InChI is InChI=1S/C15H16F2N6O.C6H5Cl/c1-9-11(16)2-3-12(17)13(9)14-10(8-19-22-14)15(24)18-6-7-23-20-4-5-21-23;7-6-4-2-1-3-5-6/h2-4,8,21H,5-7H2,1H3,(H,18,24)(H,19,22);1-5H. The van der Waals surface area contributed by atoms with Crippen molar-refractivity contribution >= 4 is 23.7 Å². The van der Waals surface area contributed by atoms with E-state index in [0.717, 1.165) is 17.2 Å². The first-order valence-electron chi connectivity index (χ1n) is 9.48. The van der Waals surface area contributed by atoms with Gasteiger partial charge in [-0.15, -0.1) is 0 Å². The van der Waals surface area contributed by atoms with Crippen LogP contribution >= 0.6 is 11.6 Å². The van der Waals surface area contributed by atoms with Crippen molar-refractivity contribution in [2.24, 2.45) is 5.10 Å². The number of aromatic amines is 1. The Morgan fingerprint density at radius 3 is 2.58 bits per heavy atom. The maximum atomic E-state index is 14.1. The van der Waals surface area contributed by atoms with Gasteiger partial charge in [0.05, 0.1) is 30.5 Å². The van der Waals surface area contributed by atoms with Crippen LogP contribution in [0.4, 0.5) is 8.78 Å². The quantitative estimate of drug-likeness (QED) is 0.559. The summed E-state index contributed by atoms with van der Waals surface area (Å²) in [5.41, 5.74) is 3.40. The van der Waals surface area contributed by atoms with Gasteiger partial charge in [0.1, 0.15) is 11.6 Å². The Kier molecular flexibility index (Phi) is 7.69. The van der Waals surface area contributed by atoms with E-state index in [1.54, 1.807) is 11.3 Å². The number of carbonyl (C=O) groups is 1. The number of H-pyrrole nitrogens is 1. The van der Waals surface area contributed by atoms with Crippen LogP contribution in [-0.4, -0.2) is 47.1 Å². The summed E-state index contributed by atoms with van der Waals surface area (Å²) in [5.74, 6) is -1.60. The molecule has 4 rings (SSSR count). The number of halogens is 3. The minimum atomic E-state index is -0.622. The van der Waals surface area contributed by atoms with Gasteiger partial charge in [0.2, 0.25) is 0 Å². The average molecular weight is 447 g/mol. The fourth-order valence-corrected chi connectivity index (χ4v) is 3.00. The zero-order valence-corrected chi connectivity index (χ0v) is 17.5. The Morgan fingerprint density at radius 2 is 1.94 bits per heavy atom. The van der Waals surface area contributed by atoms with E-state index >= 15 is 0 Å². The summed E-state index contributed by atoms with van der Waals surface area (Å²) in [6.07, 6.45) is 3.01. The number of hydrogen-bond acceptors (Lipinski definition) is 5. The molecule has 1 amide bonds. The molecule has 31 heavy (non-hydrogen) atoms. The smallest absolute Gasteiger partial charge is 0.255 e. The fourth-order valence-electron chi connectivity index (χ4n) is 2.86. The molecule has 0 bridgehead atoms. The molecule has 0 atom stereocenters. The molecule has 0 fully saturated rings. The second kappa shape index (κ2) is 10.6. The van der Waals surface area contributed by atoms with E-state index in [4.69, 9.17) is 11.6 Å². The number of nitrogens with zero attached hydrogens (tertiary/aromatic N) is 3. The number of hydrazone groups is 1. The van der Waals surface area contributed by atoms with Crippen molar-refractivity contribution in [1.29, 1.82) is 0 Å². The number of hydrazine groups is 1. The van der Waals surface area contributed by atoms with Crippen LogP contribution in [0.25, 0.3) is 11.3 Å². The summed E-state index contributed by atoms with van der Waals surface area (Å²) in [5, 5.41) is 15.5. The van der Waals surface area contributed by atoms with Crippen molar-refractivity contribution in [3.05, 3.63) is 76.4 Å². The van der Waals surface area contributed by atoms with Gasteiger partial charge in [0.25, 0.3) is 5.91 Å². The van der Waals surface area contributed by atoms with Crippen LogP contribution < -0.4 is 10.7 Å². The normalized spacial score (nSPS) is 12.5. The number of amides is 1. The molecule has 2 heterocycles. The third-order valence-electron chi connectivity index (χ3n) is 4.41. The highest BCUT2D eigenvalue weighted by Gasteiger charge is 2.21. The van der Waals surface area contributed by atoms with Gasteiger partial charge in [-0.3, -0.25) is 9.89 Å². The highest BCUT2D eigenvalue weighted by atomic mass is 35.5. The van der Waals surface area contributed by atoms with Crippen LogP contribution in [0.5, 0.6) is 0 Å². The van der Waals surface area contributed by atoms with Gasteiger partial charge >= 0.3 is 0 Å². The average Bonchev–Trinajstić information content (AvgIpc) is 3.44. The van der Waals surface area contributed by atoms with Gasteiger partial charge in [-0.25, -0.2) is 19.3 Å². The Hall–Kier alpha value is -3.30. The third kappa shape index (κ3) is 5.87. The molecule has 0 aliphatic carbocycles. The molecule has 0 saturated heterocycles. The molecule has 3 N–H and O–H groups in total. The lowest BCUT2D eigenvalue weighted by atomic mass is 10.0. The molecule has 2 aromatic carbocycles. The summed E-state index contributed by atoms with van der Waals surface area (Å²) in [4.78, 5) is 12.3. The van der Waals surface area contributed by atoms with Gasteiger partial charge < -0.3 is 5.32 Å². The lowest BCUT2D eigenvalue weighted by Crippen LogP contribution is -2.37. The highest BCUT2D eigenvalue weighted by molar-refractivity contribution is 6.30. The molecule has 0 saturated carbocycles. The highest BCUT2D eigenvalue weighted by Crippen LogP contribution is 2.29. The number of aromatic nitrogens is 2. The summed E-state index contributed by atoms with van der Waals surface area (Å²) >= 11 is 5.54. The Balaban J connectivity index is 0.000000330. The topological polar surface area (TPSA) is 85.4 Å². The number of benzene rings is 2. The molecule has 162 valence electrons. The van der Waals surface area contributed by atoms with Gasteiger partial charge in [-0.05, 0) is 36.8 Å². The van der Waals surface area contributed by atoms with Crippen molar-refractivity contribution in [1.82, 2.24) is 26.1 Å². The molecule has 1 aromatic heterocycles. The van der Waals surface area contributed by atoms with E-state index in [0.29, 0.717) is 19.6 Å². The van der Waals surface area contributed by atoms with Crippen LogP contribution in [0, 0.1) is 18.6 Å². The van der Waals surface area contributed by atoms with E-state index in [1.165, 1.54) is 13.1 Å². The van der Waals surface area contributed by atoms with Gasteiger partial charge in [0, 0.05) is 23.3 Å². The molecule has 1 aliphatic heterocycles. The number of carbonyl (C=O) groups excluding carboxylic acids is 1. The zero-order valence-electron chi connectivity index (χ0n) is 16.7. The maximum absolute atomic E-state index is 14.1. The first-order chi connectivity index (χ1) is 15.0. The Bertz CT molecular complexity index is 1060. The third-order valence-corrected chi connectivity index (χ3v) is 4.66. The minimum Gasteiger partial charge on any atom is -0.350 e. The molecule has 1 aliphatic rings. The minimum absolute atomic E-state index is 0.00320. The summed E-state index contributed by atoms with van der Waals surface area (Å²) in [6.45, 7) is 2.91. The van der Waals surface area contributed by atoms with E-state index < -0.39 is 17.5 Å². The molecule has 0 spiro atoms. The molecule has 0 unspecified atom stereocenters. The SMILES string of the molecule is Cc1c(F)ccc(F)c1-c1[nH]ncc1C(=O)NCCN1N=CCN1.Clc1ccccc1. The second-order valence-corrected chi connectivity index (χ2v) is 6.96. The number of rotatable bonds is 5. The van der Waals surface area contributed by atoms with Crippen molar-refractivity contribution in [3.8, 4) is 11.3 Å². The summed E-state index contributed by atoms with van der Waals surface area (Å²) in [7, 11) is 0. The summed E-state index contributed by atoms with van der Waals surface area (Å²) < 4.78 is 27.8. The zero-order chi connectivity index (χ0) is 22.2. The van der Waals surface area contributed by atoms with Crippen molar-refractivity contribution in [3.63, 3.8) is 0 Å². The lowest BCUT2D eigenvalue weighted by molar-refractivity contribution is 0.0946. The largest absolute Gasteiger partial charge is 0.350 e. The molecular formula is C21H21ClF2N6O. The number of hydrogen-bond donors (Lipinski definition) is 3. The molecule has 0 radical (unpaired) electrons. The van der Waals surface area contributed by atoms with Crippen molar-refractivity contribution in [2.75, 3.05) is 19.6 Å². The molecule has 10 heteroatoms. The maximum Gasteiger partial charge on any atom is 0.255 e. The predicted octanol–water partition coefficient (Wildman–Crippen LogP) is 3.54. The van der Waals surface area contributed by atoms with Gasteiger partial charge in [-0.2, -0.15) is 10.2 Å². The first kappa shape index (κ1) is 22.4. The molecule has 7 nitrogen and oxygen atoms in total. The van der Waals surface area contributed by atoms with E-state index in [2.05, 4.69) is 26.0 Å². The fraction of sp³-hybridized carbons (Fsp3) is 0.190. The Labute approximate surface area is 183 Å². The van der Waals surface area contributed by atoms with Crippen LogP contribution in [-0.2, 0) is 0 Å². The predicted molar refractivity (Wildman–Crippen MR) is 116 cm³/mol. The van der Waals surface area contributed by atoms with E-state index in [1.807, 2.05) is 30.3 Å². The molecular weight excluding hydrogens is 426 g/mol. The van der Waals surface area contributed by atoms with E-state index in [9.17, 15) is 13.6 Å². The van der Waals surface area contributed by atoms with Crippen LogP contribution in [0.3, 0.4) is 0 Å². The van der Waals surface area contributed by atoms with Gasteiger partial charge in [-0.1, -0.05) is 29.8 Å². The van der Waals surface area contributed by atoms with Crippen molar-refractivity contribution < 1.29 is 13.6 Å². The van der Waals surface area contributed by atoms with Crippen LogP contribution in [0.2, 0.25) is 5.02 Å². The monoisotopic (exact) mass is 446 g/mol. The first-order valence-corrected chi connectivity index (χ1v) is 9.85. The van der Waals surface area contributed by atoms with E-state index in [-0.39, 0.29) is 22.4 Å². The summed E-state index contributed by atoms with van der Waals surface area (Å²) in [6, 6.07) is 11.5. The lowest BCUT2D eigenvalue weighted by Gasteiger charge is -2.14. The van der Waals surface area contributed by atoms with Crippen LogP contribution in [0.15, 0.2) is 53.8 Å². The van der Waals surface area contributed by atoms with Crippen LogP contribution in [0.1, 0.15) is 15.9 Å². The Morgan fingerprint density at radius 1 is 1.19 bits per heavy atom. The second-order valence-electron chi connectivity index (χ2n) is 6.52. The van der Waals surface area contributed by atoms with Crippen molar-refractivity contribution in [2.45, 2.75) is 6.92 Å². The van der Waals surface area contributed by atoms with Gasteiger partial charge in [0.15, 0.2) is 0 Å². The number of nitrogens with one attached hydrogen (secondary N) is 3.